The van der Waals surface area contributed by atoms with Crippen LogP contribution < -0.4 is 14.6 Å². The summed E-state index contributed by atoms with van der Waals surface area (Å²) in [5.74, 6) is -5.32. The summed E-state index contributed by atoms with van der Waals surface area (Å²) in [4.78, 5) is 47.4. The Balaban J connectivity index is 2.19. The van der Waals surface area contributed by atoms with Crippen LogP contribution in [0.3, 0.4) is 0 Å². The number of hydrogen-bond acceptors (Lipinski definition) is 9. The summed E-state index contributed by atoms with van der Waals surface area (Å²) in [5.41, 5.74) is -0.145. The van der Waals surface area contributed by atoms with Crippen LogP contribution in [0.5, 0.6) is 11.5 Å². The Morgan fingerprint density at radius 2 is 1.10 bits per heavy atom. The Morgan fingerprint density at radius 3 is 1.40 bits per heavy atom. The predicted octanol–water partition coefficient (Wildman–Crippen LogP) is 0.289. The predicted molar refractivity (Wildman–Crippen MR) is 97.0 cm³/mol. The molecule has 0 spiro atoms. The van der Waals surface area contributed by atoms with E-state index in [1.165, 1.54) is 62.8 Å². The van der Waals surface area contributed by atoms with Crippen molar-refractivity contribution >= 4 is 23.9 Å². The van der Waals surface area contributed by atoms with Crippen molar-refractivity contribution in [1.82, 2.24) is 0 Å². The maximum absolute atomic E-state index is 12.2. The summed E-state index contributed by atoms with van der Waals surface area (Å²) in [5, 5.41) is 20.8. The molecule has 30 heavy (non-hydrogen) atoms. The maximum atomic E-state index is 12.2. The van der Waals surface area contributed by atoms with E-state index in [-0.39, 0.29) is 11.1 Å². The molecule has 158 valence electrons. The third-order valence-electron chi connectivity index (χ3n) is 3.87. The van der Waals surface area contributed by atoms with Gasteiger partial charge >= 0.3 is 17.9 Å². The molecular formula is C20H17O10-. The zero-order valence-corrected chi connectivity index (χ0v) is 15.9. The second-order valence-electron chi connectivity index (χ2n) is 5.77. The second-order valence-corrected chi connectivity index (χ2v) is 5.77. The van der Waals surface area contributed by atoms with Gasteiger partial charge in [-0.15, -0.1) is 0 Å². The molecule has 2 aromatic carbocycles. The van der Waals surface area contributed by atoms with E-state index in [0.717, 1.165) is 0 Å². The summed E-state index contributed by atoms with van der Waals surface area (Å²) < 4.78 is 19.4. The lowest BCUT2D eigenvalue weighted by Gasteiger charge is -2.24. The van der Waals surface area contributed by atoms with Crippen molar-refractivity contribution in [2.75, 3.05) is 14.2 Å². The highest BCUT2D eigenvalue weighted by atomic mass is 16.6. The van der Waals surface area contributed by atoms with E-state index < -0.39 is 36.1 Å². The summed E-state index contributed by atoms with van der Waals surface area (Å²) in [6, 6.07) is 10.8. The fraction of sp³-hybridized carbons (Fsp3) is 0.200. The Labute approximate surface area is 170 Å². The van der Waals surface area contributed by atoms with Gasteiger partial charge < -0.3 is 34.0 Å². The van der Waals surface area contributed by atoms with Crippen LogP contribution in [0.2, 0.25) is 0 Å². The molecule has 0 saturated carbocycles. The molecule has 10 heteroatoms. The number of aliphatic carboxylic acids is 2. The fourth-order valence-electron chi connectivity index (χ4n) is 2.30. The molecule has 0 aliphatic carbocycles. The van der Waals surface area contributed by atoms with Gasteiger partial charge in [0.15, 0.2) is 6.10 Å². The molecule has 0 bridgehead atoms. The molecule has 2 aromatic rings. The Morgan fingerprint density at radius 1 is 0.733 bits per heavy atom. The first kappa shape index (κ1) is 22.2. The number of hydrogen-bond donors (Lipinski definition) is 1. The van der Waals surface area contributed by atoms with Gasteiger partial charge in [-0.25, -0.2) is 14.4 Å². The van der Waals surface area contributed by atoms with E-state index >= 15 is 0 Å². The number of ether oxygens (including phenoxy) is 4. The van der Waals surface area contributed by atoms with E-state index in [1.807, 2.05) is 0 Å². The zero-order chi connectivity index (χ0) is 22.3. The van der Waals surface area contributed by atoms with Crippen molar-refractivity contribution < 1.29 is 48.3 Å². The molecule has 1 N–H and O–H groups in total. The number of benzene rings is 2. The SMILES string of the molecule is COc1ccc(C(=O)O[C@H](C(=O)[O-])[C@H](OC(=O)c2ccc(OC)cc2)C(=O)O)cc1. The van der Waals surface area contributed by atoms with E-state index in [9.17, 15) is 29.4 Å². The smallest absolute Gasteiger partial charge is 0.349 e. The number of carbonyl (C=O) groups is 4. The van der Waals surface area contributed by atoms with E-state index in [4.69, 9.17) is 18.9 Å². The van der Waals surface area contributed by atoms with Crippen molar-refractivity contribution in [3.63, 3.8) is 0 Å². The molecule has 10 nitrogen and oxygen atoms in total. The van der Waals surface area contributed by atoms with Gasteiger partial charge in [0.2, 0.25) is 6.10 Å². The van der Waals surface area contributed by atoms with Crippen LogP contribution in [-0.2, 0) is 19.1 Å². The first-order valence-corrected chi connectivity index (χ1v) is 8.40. The van der Waals surface area contributed by atoms with E-state index in [2.05, 4.69) is 0 Å². The van der Waals surface area contributed by atoms with Crippen LogP contribution >= 0.6 is 0 Å². The third kappa shape index (κ3) is 5.47. The Bertz CT molecular complexity index is 840. The lowest BCUT2D eigenvalue weighted by molar-refractivity contribution is -0.317. The van der Waals surface area contributed by atoms with Crippen LogP contribution in [0.25, 0.3) is 0 Å². The first-order chi connectivity index (χ1) is 14.3. The van der Waals surface area contributed by atoms with Gasteiger partial charge in [0, 0.05) is 0 Å². The number of methoxy groups -OCH3 is 2. The summed E-state index contributed by atoms with van der Waals surface area (Å²) >= 11 is 0. The van der Waals surface area contributed by atoms with Gasteiger partial charge in [0.1, 0.15) is 11.5 Å². The number of carbonyl (C=O) groups excluding carboxylic acids is 3. The minimum absolute atomic E-state index is 0.0689. The number of rotatable bonds is 9. The molecule has 0 fully saturated rings. The Hall–Kier alpha value is -4.08. The molecule has 0 unspecified atom stereocenters. The molecular weight excluding hydrogens is 400 g/mol. The van der Waals surface area contributed by atoms with Crippen molar-refractivity contribution in [3.05, 3.63) is 59.7 Å². The molecule has 2 rings (SSSR count). The molecule has 0 aliphatic rings. The molecule has 2 atom stereocenters. The summed E-state index contributed by atoms with van der Waals surface area (Å²) in [6.07, 6.45) is -4.73. The molecule has 0 heterocycles. The Kier molecular flexibility index (Phi) is 7.34. The highest BCUT2D eigenvalue weighted by Gasteiger charge is 2.36. The topological polar surface area (TPSA) is 148 Å². The van der Waals surface area contributed by atoms with Crippen molar-refractivity contribution in [1.29, 1.82) is 0 Å². The molecule has 0 aliphatic heterocycles. The van der Waals surface area contributed by atoms with Crippen molar-refractivity contribution in [3.8, 4) is 11.5 Å². The normalized spacial score (nSPS) is 12.2. The number of carboxylic acids is 2. The standard InChI is InChI=1S/C20H18O10/c1-27-13-7-3-11(4-8-13)19(25)29-15(17(21)22)16(18(23)24)30-20(26)12-5-9-14(28-2)10-6-12/h3-10,15-16H,1-2H3,(H,21,22)(H,23,24)/p-1/t15-,16-/m0/s1. The van der Waals surface area contributed by atoms with Crippen LogP contribution in [0.1, 0.15) is 20.7 Å². The number of carboxylic acid groups (broad SMARTS) is 2. The number of esters is 2. The first-order valence-electron chi connectivity index (χ1n) is 8.40. The highest BCUT2D eigenvalue weighted by molar-refractivity contribution is 5.95. The van der Waals surface area contributed by atoms with Crippen LogP contribution in [-0.4, -0.2) is 55.4 Å². The average Bonchev–Trinajstić information content (AvgIpc) is 2.75. The average molecular weight is 417 g/mol. The van der Waals surface area contributed by atoms with Crippen LogP contribution in [0, 0.1) is 0 Å². The monoisotopic (exact) mass is 417 g/mol. The van der Waals surface area contributed by atoms with Gasteiger partial charge in [-0.3, -0.25) is 0 Å². The zero-order valence-electron chi connectivity index (χ0n) is 15.9. The van der Waals surface area contributed by atoms with Gasteiger partial charge in [-0.2, -0.15) is 0 Å². The fourth-order valence-corrected chi connectivity index (χ4v) is 2.30. The van der Waals surface area contributed by atoms with Gasteiger partial charge in [0.05, 0.1) is 31.3 Å². The minimum atomic E-state index is -2.39. The molecule has 0 aromatic heterocycles. The summed E-state index contributed by atoms with van der Waals surface area (Å²) in [6.45, 7) is 0. The van der Waals surface area contributed by atoms with Gasteiger partial charge in [-0.1, -0.05) is 0 Å². The van der Waals surface area contributed by atoms with E-state index in [0.29, 0.717) is 11.5 Å². The second kappa shape index (κ2) is 9.92. The third-order valence-corrected chi connectivity index (χ3v) is 3.87. The minimum Gasteiger partial charge on any atom is -0.546 e. The van der Waals surface area contributed by atoms with Gasteiger partial charge in [0.25, 0.3) is 0 Å². The van der Waals surface area contributed by atoms with Crippen LogP contribution in [0.4, 0.5) is 0 Å². The summed E-state index contributed by atoms with van der Waals surface area (Å²) in [7, 11) is 2.82. The highest BCUT2D eigenvalue weighted by Crippen LogP contribution is 2.17. The van der Waals surface area contributed by atoms with Crippen LogP contribution in [0.15, 0.2) is 48.5 Å². The lowest BCUT2D eigenvalue weighted by atomic mass is 10.1. The molecule has 0 radical (unpaired) electrons. The lowest BCUT2D eigenvalue weighted by Crippen LogP contribution is -2.51. The molecule has 0 saturated heterocycles. The van der Waals surface area contributed by atoms with E-state index in [1.54, 1.807) is 0 Å². The molecule has 0 amide bonds. The van der Waals surface area contributed by atoms with Gasteiger partial charge in [-0.05, 0) is 48.5 Å². The van der Waals surface area contributed by atoms with Crippen molar-refractivity contribution in [2.45, 2.75) is 12.2 Å². The quantitative estimate of drug-likeness (QED) is 0.564. The van der Waals surface area contributed by atoms with Crippen molar-refractivity contribution in [2.24, 2.45) is 0 Å². The largest absolute Gasteiger partial charge is 0.546 e. The maximum Gasteiger partial charge on any atom is 0.349 e.